The van der Waals surface area contributed by atoms with Crippen molar-refractivity contribution in [3.63, 3.8) is 0 Å². The van der Waals surface area contributed by atoms with Crippen molar-refractivity contribution in [3.8, 4) is 11.5 Å². The lowest BCUT2D eigenvalue weighted by atomic mass is 10.1. The second-order valence-corrected chi connectivity index (χ2v) is 8.50. The number of hydrogen-bond donors (Lipinski definition) is 0. The van der Waals surface area contributed by atoms with Crippen molar-refractivity contribution >= 4 is 23.1 Å². The summed E-state index contributed by atoms with van der Waals surface area (Å²) in [6, 6.07) is 9.75. The fourth-order valence-corrected chi connectivity index (χ4v) is 3.92. The van der Waals surface area contributed by atoms with Gasteiger partial charge in [-0.05, 0) is 48.0 Å². The zero-order chi connectivity index (χ0) is 23.6. The molecule has 173 valence electrons. The molecule has 0 saturated heterocycles. The quantitative estimate of drug-likeness (QED) is 0.417. The first-order valence-corrected chi connectivity index (χ1v) is 10.8. The smallest absolute Gasteiger partial charge is 0.446 e. The lowest BCUT2D eigenvalue weighted by Gasteiger charge is -2.23. The summed E-state index contributed by atoms with van der Waals surface area (Å²) >= 11 is -0.141. The van der Waals surface area contributed by atoms with Gasteiger partial charge in [0.1, 0.15) is 6.61 Å². The number of ether oxygens (including phenoxy) is 2. The van der Waals surface area contributed by atoms with Crippen LogP contribution >= 0.6 is 11.8 Å². The number of nitrogens with zero attached hydrogens (tertiary/aromatic N) is 4. The zero-order valence-electron chi connectivity index (χ0n) is 18.0. The van der Waals surface area contributed by atoms with E-state index in [0.29, 0.717) is 18.2 Å². The third kappa shape index (κ3) is 5.57. The molecule has 2 aromatic carbocycles. The van der Waals surface area contributed by atoms with Gasteiger partial charge in [0.05, 0.1) is 25.7 Å². The Morgan fingerprint density at radius 3 is 2.45 bits per heavy atom. The second-order valence-electron chi connectivity index (χ2n) is 7.36. The molecule has 0 spiro atoms. The van der Waals surface area contributed by atoms with Crippen molar-refractivity contribution in [1.29, 1.82) is 0 Å². The first kappa shape index (κ1) is 22.9. The summed E-state index contributed by atoms with van der Waals surface area (Å²) in [6.45, 7) is 4.90. The summed E-state index contributed by atoms with van der Waals surface area (Å²) in [5, 5.41) is 4.21. The van der Waals surface area contributed by atoms with Crippen LogP contribution in [-0.4, -0.2) is 29.1 Å². The Morgan fingerprint density at radius 1 is 1.09 bits per heavy atom. The molecule has 0 atom stereocenters. The van der Waals surface area contributed by atoms with Gasteiger partial charge < -0.3 is 19.3 Å². The number of halogens is 3. The predicted octanol–water partition coefficient (Wildman–Crippen LogP) is 5.56. The molecule has 6 nitrogen and oxygen atoms in total. The number of anilines is 2. The second kappa shape index (κ2) is 9.30. The Balaban J connectivity index is 1.47. The van der Waals surface area contributed by atoms with Crippen LogP contribution in [0.15, 0.2) is 66.1 Å². The Kier molecular flexibility index (Phi) is 6.46. The summed E-state index contributed by atoms with van der Waals surface area (Å²) in [5.74, 6) is 1.04. The molecule has 1 aliphatic heterocycles. The number of thioether (sulfide) groups is 1. The molecule has 0 aliphatic carbocycles. The van der Waals surface area contributed by atoms with Crippen LogP contribution in [0.4, 0.5) is 24.5 Å². The van der Waals surface area contributed by atoms with E-state index in [4.69, 9.17) is 9.47 Å². The topological polar surface area (TPSA) is 42.8 Å². The van der Waals surface area contributed by atoms with Crippen LogP contribution in [0.25, 0.3) is 0 Å². The Labute approximate surface area is 194 Å². The normalized spacial score (nSPS) is 13.6. The summed E-state index contributed by atoms with van der Waals surface area (Å²) in [7, 11) is 3.41. The largest absolute Gasteiger partial charge is 0.493 e. The van der Waals surface area contributed by atoms with Crippen molar-refractivity contribution in [2.45, 2.75) is 17.0 Å². The number of benzene rings is 2. The lowest BCUT2D eigenvalue weighted by molar-refractivity contribution is -0.0328. The van der Waals surface area contributed by atoms with Gasteiger partial charge in [-0.25, -0.2) is 0 Å². The van der Waals surface area contributed by atoms with Crippen LogP contribution in [0.5, 0.6) is 11.5 Å². The van der Waals surface area contributed by atoms with Crippen molar-refractivity contribution in [3.05, 3.63) is 79.2 Å². The molecule has 2 heterocycles. The van der Waals surface area contributed by atoms with Crippen molar-refractivity contribution in [2.75, 3.05) is 23.6 Å². The van der Waals surface area contributed by atoms with Crippen LogP contribution in [0.2, 0.25) is 0 Å². The molecule has 0 amide bonds. The number of aromatic nitrogens is 2. The maximum Gasteiger partial charge on any atom is 0.446 e. The summed E-state index contributed by atoms with van der Waals surface area (Å²) in [5.41, 5.74) is -0.976. The molecule has 0 fully saturated rings. The van der Waals surface area contributed by atoms with Gasteiger partial charge in [-0.15, -0.1) is 0 Å². The first-order valence-electron chi connectivity index (χ1n) is 9.93. The molecule has 0 N–H and O–H groups in total. The molecule has 0 saturated carbocycles. The van der Waals surface area contributed by atoms with Crippen molar-refractivity contribution < 1.29 is 22.6 Å². The average molecular weight is 476 g/mol. The van der Waals surface area contributed by atoms with E-state index in [1.54, 1.807) is 36.2 Å². The Morgan fingerprint density at radius 2 is 1.82 bits per heavy atom. The van der Waals surface area contributed by atoms with Crippen molar-refractivity contribution in [2.24, 2.45) is 7.05 Å². The first-order chi connectivity index (χ1) is 15.7. The minimum Gasteiger partial charge on any atom is -0.493 e. The molecular weight excluding hydrogens is 453 g/mol. The van der Waals surface area contributed by atoms with E-state index in [1.165, 1.54) is 12.1 Å². The van der Waals surface area contributed by atoms with Gasteiger partial charge in [-0.2, -0.15) is 18.3 Å². The molecule has 0 bridgehead atoms. The number of rotatable bonds is 7. The van der Waals surface area contributed by atoms with Gasteiger partial charge >= 0.3 is 5.51 Å². The van der Waals surface area contributed by atoms with Gasteiger partial charge in [0.25, 0.3) is 0 Å². The van der Waals surface area contributed by atoms with Crippen LogP contribution in [-0.2, 0) is 13.7 Å². The third-order valence-electron chi connectivity index (χ3n) is 4.98. The average Bonchev–Trinajstić information content (AvgIpc) is 3.41. The molecule has 4 rings (SSSR count). The number of alkyl halides is 3. The van der Waals surface area contributed by atoms with Gasteiger partial charge in [-0.1, -0.05) is 12.1 Å². The molecule has 1 radical (unpaired) electrons. The zero-order valence-corrected chi connectivity index (χ0v) is 18.9. The van der Waals surface area contributed by atoms with Crippen molar-refractivity contribution in [1.82, 2.24) is 9.78 Å². The molecule has 1 aromatic heterocycles. The van der Waals surface area contributed by atoms with E-state index in [-0.39, 0.29) is 23.3 Å². The standard InChI is InChI=1S/C23H22F3N4O2S/c1-16-10-21(31-3)22(32-14-17-4-6-19(7-5-17)33-23(24,25)26)11-20(16)30-9-8-29(15-30)18-12-27-28(2)13-18/h4-13H,1,14-15H2,2-3H3. The van der Waals surface area contributed by atoms with Crippen LogP contribution < -0.4 is 19.3 Å². The summed E-state index contributed by atoms with van der Waals surface area (Å²) < 4.78 is 50.7. The van der Waals surface area contributed by atoms with E-state index >= 15 is 0 Å². The fourth-order valence-electron chi connectivity index (χ4n) is 3.38. The number of aryl methyl sites for hydroxylation is 1. The molecule has 1 aliphatic rings. The number of hydrogen-bond acceptors (Lipinski definition) is 6. The van der Waals surface area contributed by atoms with E-state index in [0.717, 1.165) is 22.5 Å². The lowest BCUT2D eigenvalue weighted by Crippen LogP contribution is -2.25. The SMILES string of the molecule is [CH2]c1cc(OC)c(OCc2ccc(SC(F)(F)F)cc2)cc1N1C=CN(c2cnn(C)c2)C1. The molecule has 0 unspecified atom stereocenters. The van der Waals surface area contributed by atoms with Gasteiger partial charge in [0, 0.05) is 42.3 Å². The van der Waals surface area contributed by atoms with E-state index in [9.17, 15) is 13.2 Å². The molecule has 3 aromatic rings. The Bertz CT molecular complexity index is 1150. The third-order valence-corrected chi connectivity index (χ3v) is 5.72. The summed E-state index contributed by atoms with van der Waals surface area (Å²) in [6.07, 6.45) is 7.63. The minimum atomic E-state index is -4.31. The van der Waals surface area contributed by atoms with E-state index < -0.39 is 5.51 Å². The van der Waals surface area contributed by atoms with Crippen LogP contribution in [0.3, 0.4) is 0 Å². The maximum atomic E-state index is 12.5. The van der Waals surface area contributed by atoms with Crippen LogP contribution in [0.1, 0.15) is 11.1 Å². The molecular formula is C23H22F3N4O2S. The molecule has 33 heavy (non-hydrogen) atoms. The van der Waals surface area contributed by atoms with E-state index in [2.05, 4.69) is 16.9 Å². The minimum absolute atomic E-state index is 0.131. The summed E-state index contributed by atoms with van der Waals surface area (Å²) in [4.78, 5) is 4.22. The highest BCUT2D eigenvalue weighted by atomic mass is 32.2. The molecule has 10 heteroatoms. The highest BCUT2D eigenvalue weighted by Crippen LogP contribution is 2.38. The highest BCUT2D eigenvalue weighted by Gasteiger charge is 2.29. The highest BCUT2D eigenvalue weighted by molar-refractivity contribution is 8.00. The van der Waals surface area contributed by atoms with Gasteiger partial charge in [0.15, 0.2) is 11.5 Å². The maximum absolute atomic E-state index is 12.5. The predicted molar refractivity (Wildman–Crippen MR) is 122 cm³/mol. The number of methoxy groups -OCH3 is 1. The Hall–Kier alpha value is -3.27. The van der Waals surface area contributed by atoms with Gasteiger partial charge in [-0.3, -0.25) is 4.68 Å². The van der Waals surface area contributed by atoms with E-state index in [1.807, 2.05) is 36.6 Å². The van der Waals surface area contributed by atoms with Gasteiger partial charge in [0.2, 0.25) is 0 Å². The van der Waals surface area contributed by atoms with Crippen LogP contribution in [0, 0.1) is 6.92 Å². The monoisotopic (exact) mass is 475 g/mol. The fraction of sp³-hybridized carbons (Fsp3) is 0.217.